The number of H-pyrrole nitrogens is 1. The zero-order chi connectivity index (χ0) is 20.9. The lowest BCUT2D eigenvalue weighted by molar-refractivity contribution is -0.141. The topological polar surface area (TPSA) is 53.2 Å². The van der Waals surface area contributed by atoms with E-state index in [4.69, 9.17) is 0 Å². The fourth-order valence-corrected chi connectivity index (χ4v) is 2.94. The maximum absolute atomic E-state index is 13.0. The van der Waals surface area contributed by atoms with Gasteiger partial charge in [-0.05, 0) is 29.7 Å². The summed E-state index contributed by atoms with van der Waals surface area (Å²) in [6.07, 6.45) is -4.13. The molecule has 3 rings (SSSR count). The van der Waals surface area contributed by atoms with Gasteiger partial charge >= 0.3 is 6.18 Å². The van der Waals surface area contributed by atoms with Crippen LogP contribution in [0.3, 0.4) is 0 Å². The van der Waals surface area contributed by atoms with Gasteiger partial charge < -0.3 is 9.88 Å². The molecule has 0 spiro atoms. The van der Waals surface area contributed by atoms with Crippen molar-refractivity contribution in [3.05, 3.63) is 106 Å². The number of halogens is 3. The number of benzene rings is 2. The number of amides is 1. The number of rotatable bonds is 6. The number of hydrogen-bond donors (Lipinski definition) is 1. The molecule has 0 unspecified atom stereocenters. The van der Waals surface area contributed by atoms with Crippen molar-refractivity contribution in [3.63, 3.8) is 0 Å². The zero-order valence-corrected chi connectivity index (χ0v) is 15.4. The van der Waals surface area contributed by atoms with E-state index in [1.165, 1.54) is 4.90 Å². The van der Waals surface area contributed by atoms with Crippen LogP contribution in [0, 0.1) is 0 Å². The van der Waals surface area contributed by atoms with Crippen molar-refractivity contribution in [2.75, 3.05) is 6.54 Å². The molecule has 150 valence electrons. The normalized spacial score (nSPS) is 11.3. The van der Waals surface area contributed by atoms with Crippen molar-refractivity contribution in [3.8, 4) is 0 Å². The summed E-state index contributed by atoms with van der Waals surface area (Å²) >= 11 is 0. The highest BCUT2D eigenvalue weighted by atomic mass is 19.4. The van der Waals surface area contributed by atoms with Crippen LogP contribution in [0.2, 0.25) is 0 Å². The van der Waals surface area contributed by atoms with Crippen LogP contribution >= 0.6 is 0 Å². The monoisotopic (exact) mass is 400 g/mol. The van der Waals surface area contributed by atoms with Crippen molar-refractivity contribution < 1.29 is 18.0 Å². The molecule has 1 amide bonds. The Labute approximate surface area is 165 Å². The molecule has 0 aliphatic rings. The standard InChI is InChI=1S/C22H19F3N2O2/c23-22(24,25)19-12-11-18(20(28)26-19)21(29)27(15-17-9-5-2-6-10-17)14-13-16-7-3-1-4-8-16/h1-12H,13-15H2,(H,26,28). The molecule has 1 aromatic heterocycles. The van der Waals surface area contributed by atoms with Crippen LogP contribution in [0.1, 0.15) is 27.2 Å². The van der Waals surface area contributed by atoms with Crippen molar-refractivity contribution >= 4 is 5.91 Å². The third-order valence-electron chi connectivity index (χ3n) is 4.46. The molecule has 3 aromatic rings. The number of carbonyl (C=O) groups excluding carboxylic acids is 1. The van der Waals surface area contributed by atoms with Gasteiger partial charge in [-0.15, -0.1) is 0 Å². The van der Waals surface area contributed by atoms with E-state index in [1.807, 2.05) is 60.7 Å². The summed E-state index contributed by atoms with van der Waals surface area (Å²) in [5.41, 5.74) is -0.681. The molecule has 4 nitrogen and oxygen atoms in total. The lowest BCUT2D eigenvalue weighted by Crippen LogP contribution is -2.36. The van der Waals surface area contributed by atoms with E-state index in [1.54, 1.807) is 4.98 Å². The van der Waals surface area contributed by atoms with Gasteiger partial charge in [0.15, 0.2) is 0 Å². The van der Waals surface area contributed by atoms with E-state index in [0.29, 0.717) is 19.0 Å². The lowest BCUT2D eigenvalue weighted by atomic mass is 10.1. The molecule has 0 aliphatic heterocycles. The van der Waals surface area contributed by atoms with Crippen LogP contribution in [0.5, 0.6) is 0 Å². The second kappa shape index (κ2) is 8.77. The smallest absolute Gasteiger partial charge is 0.334 e. The second-order valence-electron chi connectivity index (χ2n) is 6.56. The minimum Gasteiger partial charge on any atom is -0.334 e. The first-order valence-electron chi connectivity index (χ1n) is 9.02. The molecule has 0 atom stereocenters. The van der Waals surface area contributed by atoms with Gasteiger partial charge in [0.1, 0.15) is 11.3 Å². The number of nitrogens with one attached hydrogen (secondary N) is 1. The molecular weight excluding hydrogens is 381 g/mol. The Kier molecular flexibility index (Phi) is 6.16. The average molecular weight is 400 g/mol. The van der Waals surface area contributed by atoms with Crippen LogP contribution in [-0.4, -0.2) is 22.3 Å². The van der Waals surface area contributed by atoms with Gasteiger partial charge in [0.2, 0.25) is 0 Å². The van der Waals surface area contributed by atoms with Crippen LogP contribution in [0.4, 0.5) is 13.2 Å². The molecule has 0 bridgehead atoms. The summed E-state index contributed by atoms with van der Waals surface area (Å²) in [6, 6.07) is 20.4. The summed E-state index contributed by atoms with van der Waals surface area (Å²) < 4.78 is 38.4. The van der Waals surface area contributed by atoms with Crippen molar-refractivity contribution in [1.82, 2.24) is 9.88 Å². The molecule has 1 heterocycles. The number of carbonyl (C=O) groups is 1. The lowest BCUT2D eigenvalue weighted by Gasteiger charge is -2.23. The quantitative estimate of drug-likeness (QED) is 0.672. The molecule has 2 aromatic carbocycles. The predicted molar refractivity (Wildman–Crippen MR) is 103 cm³/mol. The predicted octanol–water partition coefficient (Wildman–Crippen LogP) is 4.28. The summed E-state index contributed by atoms with van der Waals surface area (Å²) in [5.74, 6) is -0.611. The minimum absolute atomic E-state index is 0.243. The first kappa shape index (κ1) is 20.4. The Morgan fingerprint density at radius 1 is 0.862 bits per heavy atom. The van der Waals surface area contributed by atoms with E-state index in [9.17, 15) is 22.8 Å². The highest BCUT2D eigenvalue weighted by Crippen LogP contribution is 2.26. The summed E-state index contributed by atoms with van der Waals surface area (Å²) in [4.78, 5) is 28.4. The molecule has 1 N–H and O–H groups in total. The van der Waals surface area contributed by atoms with Gasteiger partial charge in [0, 0.05) is 13.1 Å². The molecule has 0 radical (unpaired) electrons. The number of pyridine rings is 1. The van der Waals surface area contributed by atoms with Gasteiger partial charge in [-0.25, -0.2) is 0 Å². The molecule has 0 saturated carbocycles. The highest BCUT2D eigenvalue weighted by molar-refractivity contribution is 5.93. The third-order valence-corrected chi connectivity index (χ3v) is 4.46. The van der Waals surface area contributed by atoms with Crippen molar-refractivity contribution in [1.29, 1.82) is 0 Å². The molecule has 0 fully saturated rings. The van der Waals surface area contributed by atoms with E-state index in [0.717, 1.165) is 17.2 Å². The minimum atomic E-state index is -4.68. The highest BCUT2D eigenvalue weighted by Gasteiger charge is 2.32. The first-order valence-corrected chi connectivity index (χ1v) is 9.02. The van der Waals surface area contributed by atoms with Crippen molar-refractivity contribution in [2.24, 2.45) is 0 Å². The molecule has 29 heavy (non-hydrogen) atoms. The summed E-state index contributed by atoms with van der Waals surface area (Å²) in [5, 5.41) is 0. The van der Waals surface area contributed by atoms with Crippen LogP contribution in [0.25, 0.3) is 0 Å². The fourth-order valence-electron chi connectivity index (χ4n) is 2.94. The van der Waals surface area contributed by atoms with E-state index in [-0.39, 0.29) is 12.1 Å². The maximum Gasteiger partial charge on any atom is 0.431 e. The second-order valence-corrected chi connectivity index (χ2v) is 6.56. The number of alkyl halides is 3. The largest absolute Gasteiger partial charge is 0.431 e. The number of aromatic nitrogens is 1. The van der Waals surface area contributed by atoms with Crippen LogP contribution < -0.4 is 5.56 Å². The van der Waals surface area contributed by atoms with Gasteiger partial charge in [0.25, 0.3) is 11.5 Å². The molecule has 0 saturated heterocycles. The molecule has 7 heteroatoms. The molecular formula is C22H19F3N2O2. The third kappa shape index (κ3) is 5.34. The summed E-state index contributed by atoms with van der Waals surface area (Å²) in [7, 11) is 0. The Bertz CT molecular complexity index is 1020. The van der Waals surface area contributed by atoms with E-state index < -0.39 is 23.3 Å². The number of nitrogens with zero attached hydrogens (tertiary/aromatic N) is 1. The van der Waals surface area contributed by atoms with Gasteiger partial charge in [-0.1, -0.05) is 60.7 Å². The Balaban J connectivity index is 1.86. The zero-order valence-electron chi connectivity index (χ0n) is 15.4. The number of aromatic amines is 1. The molecule has 0 aliphatic carbocycles. The maximum atomic E-state index is 13.0. The number of hydrogen-bond acceptors (Lipinski definition) is 2. The van der Waals surface area contributed by atoms with Crippen molar-refractivity contribution in [2.45, 2.75) is 19.1 Å². The first-order chi connectivity index (χ1) is 13.8. The average Bonchev–Trinajstić information content (AvgIpc) is 2.71. The SMILES string of the molecule is O=C(c1ccc(C(F)(F)F)[nH]c1=O)N(CCc1ccccc1)Cc1ccccc1. The summed E-state index contributed by atoms with van der Waals surface area (Å²) in [6.45, 7) is 0.561. The Morgan fingerprint density at radius 3 is 2.00 bits per heavy atom. The van der Waals surface area contributed by atoms with Crippen LogP contribution in [-0.2, 0) is 19.1 Å². The fraction of sp³-hybridized carbons (Fsp3) is 0.182. The Hall–Kier alpha value is -3.35. The van der Waals surface area contributed by atoms with Crippen LogP contribution in [0.15, 0.2) is 77.6 Å². The van der Waals surface area contributed by atoms with Gasteiger partial charge in [0.05, 0.1) is 0 Å². The van der Waals surface area contributed by atoms with Gasteiger partial charge in [-0.2, -0.15) is 13.2 Å². The van der Waals surface area contributed by atoms with E-state index in [2.05, 4.69) is 0 Å². The van der Waals surface area contributed by atoms with E-state index >= 15 is 0 Å². The Morgan fingerprint density at radius 2 is 1.45 bits per heavy atom. The van der Waals surface area contributed by atoms with Gasteiger partial charge in [-0.3, -0.25) is 9.59 Å².